The molecular weight excluding hydrogens is 937 g/mol. The number of allylic oxidation sites excluding steroid dienone is 8. The summed E-state index contributed by atoms with van der Waals surface area (Å²) in [5, 5.41) is 0. The monoisotopic (exact) mass is 1060 g/mol. The molecule has 0 saturated carbocycles. The van der Waals surface area contributed by atoms with Gasteiger partial charge in [-0.25, -0.2) is 0 Å². The summed E-state index contributed by atoms with van der Waals surface area (Å²) in [7, 11) is 0. The molecule has 0 saturated heterocycles. The third-order valence-electron chi connectivity index (χ3n) is 15.1. The normalized spacial score (nSPS) is 12.3. The molecule has 0 amide bonds. The largest absolute Gasteiger partial charge is 0.462 e. The number of hydrogen-bond acceptors (Lipinski definition) is 6. The molecule has 0 N–H and O–H groups in total. The van der Waals surface area contributed by atoms with Gasteiger partial charge in [0, 0.05) is 19.3 Å². The highest BCUT2D eigenvalue weighted by atomic mass is 16.6. The number of carbonyl (C=O) groups is 3. The number of ether oxygens (including phenoxy) is 3. The van der Waals surface area contributed by atoms with Gasteiger partial charge in [0.25, 0.3) is 0 Å². The summed E-state index contributed by atoms with van der Waals surface area (Å²) in [5.41, 5.74) is 0. The van der Waals surface area contributed by atoms with Gasteiger partial charge in [-0.1, -0.05) is 313 Å². The number of esters is 3. The molecule has 76 heavy (non-hydrogen) atoms. The Morgan fingerprint density at radius 2 is 0.513 bits per heavy atom. The maximum absolute atomic E-state index is 12.9. The van der Waals surface area contributed by atoms with Crippen molar-refractivity contribution in [1.82, 2.24) is 0 Å². The van der Waals surface area contributed by atoms with E-state index in [0.717, 1.165) is 96.3 Å². The summed E-state index contributed by atoms with van der Waals surface area (Å²) in [4.78, 5) is 38.4. The second kappa shape index (κ2) is 64.9. The van der Waals surface area contributed by atoms with Gasteiger partial charge in [0.15, 0.2) is 6.10 Å². The molecule has 0 fully saturated rings. The molecular formula is C70H128O6. The average molecular weight is 1070 g/mol. The Morgan fingerprint density at radius 3 is 0.816 bits per heavy atom. The summed E-state index contributed by atoms with van der Waals surface area (Å²) in [5.74, 6) is -0.872. The van der Waals surface area contributed by atoms with E-state index in [1.54, 1.807) is 0 Å². The maximum atomic E-state index is 12.9. The second-order valence-electron chi connectivity index (χ2n) is 22.7. The quantitative estimate of drug-likeness (QED) is 0.0261. The first-order chi connectivity index (χ1) is 37.5. The molecule has 6 heteroatoms. The second-order valence-corrected chi connectivity index (χ2v) is 22.7. The average Bonchev–Trinajstić information content (AvgIpc) is 3.42. The van der Waals surface area contributed by atoms with Crippen LogP contribution in [0, 0.1) is 0 Å². The van der Waals surface area contributed by atoms with Crippen LogP contribution in [-0.2, 0) is 28.6 Å². The van der Waals surface area contributed by atoms with Crippen LogP contribution in [0.2, 0.25) is 0 Å². The first-order valence-electron chi connectivity index (χ1n) is 33.6. The Balaban J connectivity index is 4.31. The standard InChI is InChI=1S/C70H128O6/c1-4-7-10-13-16-19-22-25-28-30-32-34-36-37-39-42-45-48-51-54-57-60-63-69(72)75-66-67(65-74-68(71)62-59-56-53-50-47-44-41-27-24-21-18-15-12-9-6-3)76-70(73)64-61-58-55-52-49-46-43-40-38-35-33-31-29-26-23-20-17-14-11-8-5-2/h9,12,18,21,27,31,33,41,67H,4-8,10-11,13-17,19-20,22-26,28-30,32,34-40,42-66H2,1-3H3/b12-9-,21-18-,33-31-,41-27-. The lowest BCUT2D eigenvalue weighted by Gasteiger charge is -2.18. The molecule has 1 atom stereocenters. The first kappa shape index (κ1) is 73.4. The van der Waals surface area contributed by atoms with Crippen LogP contribution in [0.3, 0.4) is 0 Å². The number of unbranched alkanes of at least 4 members (excludes halogenated alkanes) is 43. The fourth-order valence-electron chi connectivity index (χ4n) is 10.0. The molecule has 0 rings (SSSR count). The molecule has 0 aromatic rings. The van der Waals surface area contributed by atoms with E-state index in [1.807, 2.05) is 0 Å². The Kier molecular flexibility index (Phi) is 62.6. The summed E-state index contributed by atoms with van der Waals surface area (Å²) in [6, 6.07) is 0. The van der Waals surface area contributed by atoms with Gasteiger partial charge < -0.3 is 14.2 Å². The van der Waals surface area contributed by atoms with Crippen LogP contribution >= 0.6 is 0 Å². The minimum absolute atomic E-state index is 0.0756. The first-order valence-corrected chi connectivity index (χ1v) is 33.6. The van der Waals surface area contributed by atoms with Gasteiger partial charge in [-0.15, -0.1) is 0 Å². The summed E-state index contributed by atoms with van der Waals surface area (Å²) in [6.07, 6.45) is 81.3. The highest BCUT2D eigenvalue weighted by Gasteiger charge is 2.19. The van der Waals surface area contributed by atoms with E-state index in [4.69, 9.17) is 14.2 Å². The molecule has 6 nitrogen and oxygen atoms in total. The van der Waals surface area contributed by atoms with Crippen molar-refractivity contribution in [3.8, 4) is 0 Å². The van der Waals surface area contributed by atoms with Crippen LogP contribution < -0.4 is 0 Å². The van der Waals surface area contributed by atoms with E-state index in [1.165, 1.54) is 225 Å². The highest BCUT2D eigenvalue weighted by molar-refractivity contribution is 5.71. The van der Waals surface area contributed by atoms with E-state index < -0.39 is 6.10 Å². The Labute approximate surface area is 473 Å². The molecule has 0 spiro atoms. The molecule has 0 aliphatic rings. The van der Waals surface area contributed by atoms with Crippen molar-refractivity contribution in [3.05, 3.63) is 48.6 Å². The summed E-state index contributed by atoms with van der Waals surface area (Å²) >= 11 is 0. The van der Waals surface area contributed by atoms with Crippen LogP contribution in [0.4, 0.5) is 0 Å². The lowest BCUT2D eigenvalue weighted by Crippen LogP contribution is -2.30. The lowest BCUT2D eigenvalue weighted by molar-refractivity contribution is -0.167. The fraction of sp³-hybridized carbons (Fsp3) is 0.843. The third-order valence-corrected chi connectivity index (χ3v) is 15.1. The zero-order valence-corrected chi connectivity index (χ0v) is 51.0. The summed E-state index contributed by atoms with van der Waals surface area (Å²) < 4.78 is 17.0. The molecule has 444 valence electrons. The van der Waals surface area contributed by atoms with Crippen LogP contribution in [0.1, 0.15) is 361 Å². The third kappa shape index (κ3) is 62.2. The smallest absolute Gasteiger partial charge is 0.306 e. The minimum atomic E-state index is -0.781. The van der Waals surface area contributed by atoms with Crippen LogP contribution in [-0.4, -0.2) is 37.2 Å². The maximum Gasteiger partial charge on any atom is 0.306 e. The predicted molar refractivity (Wildman–Crippen MR) is 330 cm³/mol. The van der Waals surface area contributed by atoms with Gasteiger partial charge in [-0.2, -0.15) is 0 Å². The molecule has 0 aromatic heterocycles. The SMILES string of the molecule is CC/C=C\C/C=C\C/C=C\CCCCCCCC(=O)OCC(COC(=O)CCCCCCCCCCCCCCCCCCCCCCCC)OC(=O)CCCCCCCCCCC/C=C\CCCCCCCCCC. The Bertz CT molecular complexity index is 1310. The van der Waals surface area contributed by atoms with Crippen molar-refractivity contribution in [2.24, 2.45) is 0 Å². The van der Waals surface area contributed by atoms with Crippen molar-refractivity contribution in [2.45, 2.75) is 367 Å². The van der Waals surface area contributed by atoms with E-state index in [-0.39, 0.29) is 31.1 Å². The van der Waals surface area contributed by atoms with Crippen LogP contribution in [0.15, 0.2) is 48.6 Å². The zero-order chi connectivity index (χ0) is 55.0. The van der Waals surface area contributed by atoms with Gasteiger partial charge in [0.05, 0.1) is 0 Å². The van der Waals surface area contributed by atoms with E-state index in [9.17, 15) is 14.4 Å². The van der Waals surface area contributed by atoms with Gasteiger partial charge >= 0.3 is 17.9 Å². The molecule has 0 aliphatic heterocycles. The zero-order valence-electron chi connectivity index (χ0n) is 51.0. The van der Waals surface area contributed by atoms with Crippen molar-refractivity contribution >= 4 is 17.9 Å². The molecule has 0 bridgehead atoms. The van der Waals surface area contributed by atoms with Crippen molar-refractivity contribution in [1.29, 1.82) is 0 Å². The molecule has 0 aliphatic carbocycles. The Hall–Kier alpha value is -2.63. The van der Waals surface area contributed by atoms with E-state index >= 15 is 0 Å². The topological polar surface area (TPSA) is 78.9 Å². The fourth-order valence-corrected chi connectivity index (χ4v) is 10.0. The van der Waals surface area contributed by atoms with Crippen LogP contribution in [0.5, 0.6) is 0 Å². The molecule has 0 heterocycles. The van der Waals surface area contributed by atoms with Gasteiger partial charge in [-0.3, -0.25) is 14.4 Å². The summed E-state index contributed by atoms with van der Waals surface area (Å²) in [6.45, 7) is 6.58. The number of carbonyl (C=O) groups excluding carboxylic acids is 3. The predicted octanol–water partition coefficient (Wildman–Crippen LogP) is 22.9. The number of hydrogen-bond donors (Lipinski definition) is 0. The highest BCUT2D eigenvalue weighted by Crippen LogP contribution is 2.18. The Morgan fingerprint density at radius 1 is 0.276 bits per heavy atom. The minimum Gasteiger partial charge on any atom is -0.462 e. The van der Waals surface area contributed by atoms with Crippen molar-refractivity contribution < 1.29 is 28.6 Å². The molecule has 0 radical (unpaired) electrons. The van der Waals surface area contributed by atoms with Gasteiger partial charge in [0.2, 0.25) is 0 Å². The molecule has 1 unspecified atom stereocenters. The van der Waals surface area contributed by atoms with E-state index in [0.29, 0.717) is 19.3 Å². The van der Waals surface area contributed by atoms with Crippen molar-refractivity contribution in [3.63, 3.8) is 0 Å². The van der Waals surface area contributed by atoms with E-state index in [2.05, 4.69) is 69.4 Å². The van der Waals surface area contributed by atoms with Gasteiger partial charge in [-0.05, 0) is 77.0 Å². The van der Waals surface area contributed by atoms with Crippen molar-refractivity contribution in [2.75, 3.05) is 13.2 Å². The molecule has 0 aromatic carbocycles. The van der Waals surface area contributed by atoms with Crippen LogP contribution in [0.25, 0.3) is 0 Å². The lowest BCUT2D eigenvalue weighted by atomic mass is 10.0. The van der Waals surface area contributed by atoms with Gasteiger partial charge in [0.1, 0.15) is 13.2 Å². The number of rotatable bonds is 62.